The Morgan fingerprint density at radius 3 is 1.62 bits per heavy atom. The van der Waals surface area contributed by atoms with Crippen molar-refractivity contribution < 1.29 is 25.6 Å². The Morgan fingerprint density at radius 2 is 1.24 bits per heavy atom. The van der Waals surface area contributed by atoms with Gasteiger partial charge >= 0.3 is 0 Å². The van der Waals surface area contributed by atoms with Crippen molar-refractivity contribution in [1.29, 1.82) is 0 Å². The van der Waals surface area contributed by atoms with Gasteiger partial charge in [-0.2, -0.15) is 3.71 Å². The van der Waals surface area contributed by atoms with Gasteiger partial charge < -0.3 is 0 Å². The second-order valence-corrected chi connectivity index (χ2v) is 8.36. The van der Waals surface area contributed by atoms with Crippen LogP contribution in [0.3, 0.4) is 0 Å². The average Bonchev–Trinajstić information content (AvgIpc) is 2.44. The van der Waals surface area contributed by atoms with Crippen LogP contribution in [-0.2, 0) is 20.0 Å². The molecule has 0 fully saturated rings. The number of anilines is 1. The minimum absolute atomic E-state index is 0.0600. The number of nitrogens with zero attached hydrogens (tertiary/aromatic N) is 1. The summed E-state index contributed by atoms with van der Waals surface area (Å²) in [5.41, 5.74) is -0.0600. The van der Waals surface area contributed by atoms with Crippen molar-refractivity contribution in [2.75, 3.05) is 28.6 Å². The molecule has 0 aliphatic carbocycles. The number of hydrogen-bond donors (Lipinski definition) is 0. The molecule has 9 heteroatoms. The maximum absolute atomic E-state index is 12.2. The highest BCUT2D eigenvalue weighted by Crippen LogP contribution is 2.23. The van der Waals surface area contributed by atoms with Crippen LogP contribution in [0.2, 0.25) is 0 Å². The average molecular weight is 341 g/mol. The Labute approximate surface area is 123 Å². The SMILES string of the molecule is O=S(=O)(CCCF)N(c1ccccc1)S(=O)(=O)CCCF. The lowest BCUT2D eigenvalue weighted by atomic mass is 10.3. The van der Waals surface area contributed by atoms with Crippen molar-refractivity contribution in [2.45, 2.75) is 12.8 Å². The van der Waals surface area contributed by atoms with Crippen molar-refractivity contribution in [1.82, 2.24) is 0 Å². The van der Waals surface area contributed by atoms with Gasteiger partial charge in [-0.15, -0.1) is 0 Å². The molecule has 0 aromatic heterocycles. The van der Waals surface area contributed by atoms with E-state index in [0.29, 0.717) is 0 Å². The fourth-order valence-electron chi connectivity index (χ4n) is 1.68. The number of alkyl halides is 2. The van der Waals surface area contributed by atoms with Crippen LogP contribution in [0.15, 0.2) is 30.3 Å². The minimum atomic E-state index is -4.24. The molecule has 0 heterocycles. The molecule has 0 saturated heterocycles. The Morgan fingerprint density at radius 1 is 0.810 bits per heavy atom. The molecular formula is C12H17F2NO4S2. The molecule has 0 amide bonds. The zero-order chi connectivity index (χ0) is 15.9. The van der Waals surface area contributed by atoms with E-state index in [-0.39, 0.29) is 22.2 Å². The molecule has 0 spiro atoms. The Bertz CT molecular complexity index is 594. The van der Waals surface area contributed by atoms with Gasteiger partial charge in [-0.3, -0.25) is 8.78 Å². The zero-order valence-electron chi connectivity index (χ0n) is 11.3. The highest BCUT2D eigenvalue weighted by molar-refractivity contribution is 8.10. The van der Waals surface area contributed by atoms with Crippen LogP contribution in [0, 0.1) is 0 Å². The topological polar surface area (TPSA) is 71.5 Å². The predicted molar refractivity (Wildman–Crippen MR) is 77.7 cm³/mol. The van der Waals surface area contributed by atoms with Gasteiger partial charge in [0, 0.05) is 0 Å². The standard InChI is InChI=1S/C12H17F2NO4S2/c13-8-4-10-20(16,17)15(12-6-2-1-3-7-12)21(18,19)11-5-9-14/h1-3,6-7H,4-5,8-11H2. The molecule has 1 aromatic carbocycles. The lowest BCUT2D eigenvalue weighted by Gasteiger charge is -2.23. The lowest BCUT2D eigenvalue weighted by molar-refractivity contribution is 0.482. The van der Waals surface area contributed by atoms with Gasteiger partial charge in [-0.1, -0.05) is 18.2 Å². The highest BCUT2D eigenvalue weighted by atomic mass is 32.3. The first-order valence-electron chi connectivity index (χ1n) is 6.28. The molecule has 1 rings (SSSR count). The number of sulfonamides is 2. The normalized spacial score (nSPS) is 12.3. The van der Waals surface area contributed by atoms with Gasteiger partial charge in [0.15, 0.2) is 0 Å². The van der Waals surface area contributed by atoms with Crippen LogP contribution in [0.5, 0.6) is 0 Å². The molecule has 0 saturated carbocycles. The summed E-state index contributed by atoms with van der Waals surface area (Å²) in [7, 11) is -8.49. The molecule has 0 bridgehead atoms. The zero-order valence-corrected chi connectivity index (χ0v) is 12.9. The maximum Gasteiger partial charge on any atom is 0.248 e. The highest BCUT2D eigenvalue weighted by Gasteiger charge is 2.33. The van der Waals surface area contributed by atoms with Gasteiger partial charge in [-0.25, -0.2) is 16.8 Å². The second kappa shape index (κ2) is 7.69. The van der Waals surface area contributed by atoms with Gasteiger partial charge in [0.25, 0.3) is 0 Å². The molecule has 0 radical (unpaired) electrons. The number of rotatable bonds is 9. The van der Waals surface area contributed by atoms with E-state index in [1.54, 1.807) is 6.07 Å². The smallest absolute Gasteiger partial charge is 0.248 e. The molecule has 120 valence electrons. The first-order valence-corrected chi connectivity index (χ1v) is 9.50. The quantitative estimate of drug-likeness (QED) is 0.687. The third-order valence-corrected chi connectivity index (χ3v) is 6.95. The molecule has 1 aromatic rings. The van der Waals surface area contributed by atoms with Crippen LogP contribution >= 0.6 is 0 Å². The summed E-state index contributed by atoms with van der Waals surface area (Å²) in [5, 5.41) is 0. The van der Waals surface area contributed by atoms with E-state index in [4.69, 9.17) is 0 Å². The molecular weight excluding hydrogens is 324 g/mol. The Balaban J connectivity index is 3.25. The first-order chi connectivity index (χ1) is 9.85. The van der Waals surface area contributed by atoms with Gasteiger partial charge in [0.2, 0.25) is 20.0 Å². The molecule has 0 aliphatic rings. The monoisotopic (exact) mass is 341 g/mol. The van der Waals surface area contributed by atoms with Gasteiger partial charge in [0.1, 0.15) is 0 Å². The summed E-state index contributed by atoms with van der Waals surface area (Å²) in [6.07, 6.45) is -0.603. The van der Waals surface area contributed by atoms with Crippen LogP contribution in [-0.4, -0.2) is 41.7 Å². The van der Waals surface area contributed by atoms with E-state index >= 15 is 0 Å². The summed E-state index contributed by atoms with van der Waals surface area (Å²) < 4.78 is 73.4. The van der Waals surface area contributed by atoms with E-state index in [1.807, 2.05) is 0 Å². The summed E-state index contributed by atoms with van der Waals surface area (Å²) in [4.78, 5) is 0. The summed E-state index contributed by atoms with van der Waals surface area (Å²) in [6.45, 7) is -1.74. The van der Waals surface area contributed by atoms with E-state index in [9.17, 15) is 25.6 Å². The van der Waals surface area contributed by atoms with Crippen molar-refractivity contribution in [2.24, 2.45) is 0 Å². The fraction of sp³-hybridized carbons (Fsp3) is 0.500. The molecule has 0 atom stereocenters. The molecule has 0 N–H and O–H groups in total. The molecule has 0 aliphatic heterocycles. The van der Waals surface area contributed by atoms with E-state index in [1.165, 1.54) is 24.3 Å². The molecule has 21 heavy (non-hydrogen) atoms. The van der Waals surface area contributed by atoms with Crippen molar-refractivity contribution in [3.05, 3.63) is 30.3 Å². The van der Waals surface area contributed by atoms with E-state index < -0.39 is 44.9 Å². The molecule has 0 unspecified atom stereocenters. The Kier molecular flexibility index (Phi) is 6.53. The molecule has 5 nitrogen and oxygen atoms in total. The third-order valence-electron chi connectivity index (χ3n) is 2.54. The third kappa shape index (κ3) is 4.92. The van der Waals surface area contributed by atoms with Crippen LogP contribution in [0.1, 0.15) is 12.8 Å². The van der Waals surface area contributed by atoms with Crippen molar-refractivity contribution in [3.8, 4) is 0 Å². The van der Waals surface area contributed by atoms with Crippen LogP contribution < -0.4 is 3.71 Å². The number of halogens is 2. The minimum Gasteiger partial charge on any atom is -0.251 e. The van der Waals surface area contributed by atoms with E-state index in [0.717, 1.165) is 0 Å². The number of hydrogen-bond acceptors (Lipinski definition) is 4. The summed E-state index contributed by atoms with van der Waals surface area (Å²) >= 11 is 0. The van der Waals surface area contributed by atoms with Crippen LogP contribution in [0.25, 0.3) is 0 Å². The second-order valence-electron chi connectivity index (χ2n) is 4.25. The number of para-hydroxylation sites is 1. The van der Waals surface area contributed by atoms with Gasteiger partial charge in [-0.05, 0) is 25.0 Å². The van der Waals surface area contributed by atoms with Gasteiger partial charge in [0.05, 0.1) is 30.5 Å². The van der Waals surface area contributed by atoms with Crippen molar-refractivity contribution >= 4 is 25.7 Å². The first kappa shape index (κ1) is 17.8. The maximum atomic E-state index is 12.2. The number of benzene rings is 1. The van der Waals surface area contributed by atoms with Crippen molar-refractivity contribution in [3.63, 3.8) is 0 Å². The summed E-state index contributed by atoms with van der Waals surface area (Å²) in [6, 6.07) is 7.21. The summed E-state index contributed by atoms with van der Waals surface area (Å²) in [5.74, 6) is -1.26. The largest absolute Gasteiger partial charge is 0.251 e. The van der Waals surface area contributed by atoms with E-state index in [2.05, 4.69) is 0 Å². The lowest BCUT2D eigenvalue weighted by Crippen LogP contribution is -2.40. The predicted octanol–water partition coefficient (Wildman–Crippen LogP) is 1.87. The fourth-order valence-corrected chi connectivity index (χ4v) is 5.68. The Hall–Kier alpha value is -1.22. The van der Waals surface area contributed by atoms with Crippen LogP contribution in [0.4, 0.5) is 14.5 Å².